The largest absolute Gasteiger partial charge is 0.495 e. The van der Waals surface area contributed by atoms with Crippen molar-refractivity contribution in [2.75, 3.05) is 30.8 Å². The van der Waals surface area contributed by atoms with E-state index in [-0.39, 0.29) is 18.8 Å². The average molecular weight is 478 g/mol. The van der Waals surface area contributed by atoms with Crippen LogP contribution in [0.2, 0.25) is 0 Å². The zero-order valence-corrected chi connectivity index (χ0v) is 18.4. The van der Waals surface area contributed by atoms with Crippen LogP contribution in [0.25, 0.3) is 10.9 Å². The van der Waals surface area contributed by atoms with Gasteiger partial charge in [-0.15, -0.1) is 0 Å². The number of benzene rings is 2. The smallest absolute Gasteiger partial charge is 0.406 e. The maximum atomic E-state index is 13.3. The minimum absolute atomic E-state index is 0.141. The number of nitrogens with two attached hydrogens (primary N) is 2. The van der Waals surface area contributed by atoms with Crippen molar-refractivity contribution < 1.29 is 22.7 Å². The predicted molar refractivity (Wildman–Crippen MR) is 124 cm³/mol. The number of carbonyl (C=O) groups is 1. The molecule has 1 amide bonds. The molecule has 174 valence electrons. The molecular weight excluding hydrogens is 455 g/mol. The molecule has 0 aliphatic carbocycles. The standard InChI is InChI=1S/C22H22F3N5O2S/c1-32-20-11-15(33-27)7-8-18(20)28-9-3-4-14-10-16-17(29-12-21(26)31)5-2-6-19(16)30(14)13-22(23,24)25/h2,5-8,10-11,28-29H,9,12-13,27H2,1H3,(H2,26,31). The van der Waals surface area contributed by atoms with Crippen LogP contribution < -0.4 is 26.2 Å². The van der Waals surface area contributed by atoms with Crippen LogP contribution in [-0.2, 0) is 11.3 Å². The molecule has 0 unspecified atom stereocenters. The molecule has 0 saturated heterocycles. The molecule has 2 aromatic carbocycles. The second kappa shape index (κ2) is 10.4. The second-order valence-corrected chi connectivity index (χ2v) is 7.63. The topological polar surface area (TPSA) is 107 Å². The third-order valence-corrected chi connectivity index (χ3v) is 5.16. The van der Waals surface area contributed by atoms with E-state index >= 15 is 0 Å². The Hall–Kier alpha value is -3.49. The number of fused-ring (bicyclic) bond motifs is 1. The molecule has 0 atom stereocenters. The first-order chi connectivity index (χ1) is 15.7. The van der Waals surface area contributed by atoms with Crippen LogP contribution in [0.1, 0.15) is 5.69 Å². The van der Waals surface area contributed by atoms with Crippen molar-refractivity contribution in [3.05, 3.63) is 48.2 Å². The summed E-state index contributed by atoms with van der Waals surface area (Å²) < 4.78 is 46.2. The second-order valence-electron chi connectivity index (χ2n) is 6.92. The lowest BCUT2D eigenvalue weighted by molar-refractivity contribution is -0.140. The number of anilines is 2. The van der Waals surface area contributed by atoms with Crippen LogP contribution in [0.5, 0.6) is 5.75 Å². The van der Waals surface area contributed by atoms with E-state index in [1.807, 2.05) is 6.07 Å². The fourth-order valence-corrected chi connectivity index (χ4v) is 3.56. The molecule has 3 rings (SSSR count). The molecule has 0 saturated carbocycles. The number of primary amides is 1. The molecule has 7 nitrogen and oxygen atoms in total. The highest BCUT2D eigenvalue weighted by Crippen LogP contribution is 2.30. The highest BCUT2D eigenvalue weighted by atomic mass is 32.2. The minimum atomic E-state index is -4.44. The lowest BCUT2D eigenvalue weighted by Gasteiger charge is -2.12. The summed E-state index contributed by atoms with van der Waals surface area (Å²) in [6, 6.07) is 11.8. The maximum Gasteiger partial charge on any atom is 0.406 e. The Morgan fingerprint density at radius 2 is 1.97 bits per heavy atom. The minimum Gasteiger partial charge on any atom is -0.495 e. The summed E-state index contributed by atoms with van der Waals surface area (Å²) in [5.41, 5.74) is 6.88. The van der Waals surface area contributed by atoms with Gasteiger partial charge in [0, 0.05) is 16.0 Å². The van der Waals surface area contributed by atoms with Gasteiger partial charge in [-0.05, 0) is 54.3 Å². The molecule has 6 N–H and O–H groups in total. The van der Waals surface area contributed by atoms with Crippen molar-refractivity contribution >= 4 is 40.1 Å². The third kappa shape index (κ3) is 6.27. The number of nitrogens with one attached hydrogen (secondary N) is 2. The molecule has 1 aromatic heterocycles. The molecule has 0 bridgehead atoms. The Bertz CT molecular complexity index is 1210. The van der Waals surface area contributed by atoms with E-state index in [9.17, 15) is 18.0 Å². The Labute approximate surface area is 192 Å². The SMILES string of the molecule is COc1cc(SN)ccc1NCC#Cc1cc2c(NCC(N)=O)cccc2n1CC(F)(F)F. The number of carbonyl (C=O) groups excluding carboxylic acids is 1. The van der Waals surface area contributed by atoms with E-state index in [1.165, 1.54) is 7.11 Å². The first kappa shape index (κ1) is 24.2. The van der Waals surface area contributed by atoms with Crippen molar-refractivity contribution in [2.24, 2.45) is 10.9 Å². The molecule has 0 aliphatic rings. The molecule has 3 aromatic rings. The first-order valence-corrected chi connectivity index (χ1v) is 10.6. The van der Waals surface area contributed by atoms with Crippen molar-refractivity contribution in [2.45, 2.75) is 17.6 Å². The van der Waals surface area contributed by atoms with Gasteiger partial charge in [-0.2, -0.15) is 13.2 Å². The van der Waals surface area contributed by atoms with E-state index in [4.69, 9.17) is 15.6 Å². The summed E-state index contributed by atoms with van der Waals surface area (Å²) in [5, 5.41) is 12.0. The predicted octanol–water partition coefficient (Wildman–Crippen LogP) is 3.54. The molecule has 1 heterocycles. The molecule has 0 radical (unpaired) electrons. The zero-order chi connectivity index (χ0) is 24.0. The van der Waals surface area contributed by atoms with Gasteiger partial charge in [0.1, 0.15) is 12.3 Å². The van der Waals surface area contributed by atoms with E-state index in [0.29, 0.717) is 28.0 Å². The molecule has 0 spiro atoms. The number of ether oxygens (including phenoxy) is 1. The van der Waals surface area contributed by atoms with Crippen LogP contribution in [-0.4, -0.2) is 36.8 Å². The normalized spacial score (nSPS) is 11.1. The van der Waals surface area contributed by atoms with Gasteiger partial charge in [-0.25, -0.2) is 0 Å². The first-order valence-electron chi connectivity index (χ1n) is 9.70. The van der Waals surface area contributed by atoms with Crippen molar-refractivity contribution in [3.8, 4) is 17.6 Å². The van der Waals surface area contributed by atoms with Crippen molar-refractivity contribution in [1.82, 2.24) is 4.57 Å². The number of halogens is 3. The third-order valence-electron chi connectivity index (χ3n) is 4.63. The fourth-order valence-electron chi connectivity index (χ4n) is 3.24. The molecule has 0 fully saturated rings. The summed E-state index contributed by atoms with van der Waals surface area (Å²) in [7, 11) is 1.52. The number of alkyl halides is 3. The number of amides is 1. The van der Waals surface area contributed by atoms with Gasteiger partial charge < -0.3 is 25.7 Å². The van der Waals surface area contributed by atoms with Crippen molar-refractivity contribution in [1.29, 1.82) is 0 Å². The highest BCUT2D eigenvalue weighted by Gasteiger charge is 2.29. The van der Waals surface area contributed by atoms with E-state index in [0.717, 1.165) is 21.4 Å². The number of hydrogen-bond acceptors (Lipinski definition) is 6. The van der Waals surface area contributed by atoms with Gasteiger partial charge in [0.2, 0.25) is 5.91 Å². The van der Waals surface area contributed by atoms with Gasteiger partial charge in [-0.1, -0.05) is 12.0 Å². The van der Waals surface area contributed by atoms with Crippen LogP contribution in [0.15, 0.2) is 47.4 Å². The lowest BCUT2D eigenvalue weighted by Crippen LogP contribution is -2.21. The maximum absolute atomic E-state index is 13.3. The van der Waals surface area contributed by atoms with Gasteiger partial charge >= 0.3 is 6.18 Å². The van der Waals surface area contributed by atoms with Gasteiger partial charge in [0.05, 0.1) is 37.1 Å². The number of rotatable bonds is 8. The summed E-state index contributed by atoms with van der Waals surface area (Å²) in [4.78, 5) is 11.9. The Morgan fingerprint density at radius 1 is 1.18 bits per heavy atom. The van der Waals surface area contributed by atoms with Gasteiger partial charge in [0.25, 0.3) is 0 Å². The van der Waals surface area contributed by atoms with E-state index in [2.05, 4.69) is 22.5 Å². The zero-order valence-electron chi connectivity index (χ0n) is 17.6. The van der Waals surface area contributed by atoms with E-state index in [1.54, 1.807) is 36.4 Å². The number of methoxy groups -OCH3 is 1. The van der Waals surface area contributed by atoms with Gasteiger partial charge in [0.15, 0.2) is 0 Å². The van der Waals surface area contributed by atoms with Crippen molar-refractivity contribution in [3.63, 3.8) is 0 Å². The van der Waals surface area contributed by atoms with Crippen LogP contribution in [0.3, 0.4) is 0 Å². The molecular formula is C22H22F3N5O2S. The Morgan fingerprint density at radius 3 is 2.64 bits per heavy atom. The summed E-state index contributed by atoms with van der Waals surface area (Å²) in [6.07, 6.45) is -4.44. The van der Waals surface area contributed by atoms with E-state index < -0.39 is 18.6 Å². The summed E-state index contributed by atoms with van der Waals surface area (Å²) >= 11 is 1.09. The van der Waals surface area contributed by atoms with Gasteiger partial charge in [-0.3, -0.25) is 9.93 Å². The number of hydrogen-bond donors (Lipinski definition) is 4. The van der Waals surface area contributed by atoms with Crippen LogP contribution in [0, 0.1) is 11.8 Å². The summed E-state index contributed by atoms with van der Waals surface area (Å²) in [5.74, 6) is 5.66. The Balaban J connectivity index is 1.89. The Kier molecular flexibility index (Phi) is 7.63. The fraction of sp³-hybridized carbons (Fsp3) is 0.227. The average Bonchev–Trinajstić information content (AvgIpc) is 3.11. The number of nitrogens with zero attached hydrogens (tertiary/aromatic N) is 1. The monoisotopic (exact) mass is 477 g/mol. The molecule has 33 heavy (non-hydrogen) atoms. The molecule has 0 aliphatic heterocycles. The van der Waals surface area contributed by atoms with Crippen LogP contribution in [0.4, 0.5) is 24.5 Å². The quantitative estimate of drug-likeness (QED) is 0.292. The highest BCUT2D eigenvalue weighted by molar-refractivity contribution is 7.97. The molecule has 11 heteroatoms. The lowest BCUT2D eigenvalue weighted by atomic mass is 10.2. The van der Waals surface area contributed by atoms with Crippen LogP contribution >= 0.6 is 11.9 Å². The number of aromatic nitrogens is 1. The summed E-state index contributed by atoms with van der Waals surface area (Å²) in [6.45, 7) is -1.16.